The number of aryl methyl sites for hydroxylation is 1. The van der Waals surface area contributed by atoms with E-state index in [1.807, 2.05) is 66.2 Å². The highest BCUT2D eigenvalue weighted by Crippen LogP contribution is 2.28. The summed E-state index contributed by atoms with van der Waals surface area (Å²) in [4.78, 5) is 26.3. The van der Waals surface area contributed by atoms with Crippen LogP contribution in [0.4, 0.5) is 11.4 Å². The fourth-order valence-corrected chi connectivity index (χ4v) is 3.94. The molecule has 0 aliphatic carbocycles. The predicted octanol–water partition coefficient (Wildman–Crippen LogP) is 3.10. The number of nitrogens with one attached hydrogen (secondary N) is 1. The Kier molecular flexibility index (Phi) is 6.50. The molecule has 3 aromatic rings. The number of rotatable bonds is 7. The fraction of sp³-hybridized carbons (Fsp3) is 0.227. The Balaban J connectivity index is 1.47. The number of esters is 1. The molecule has 1 atom stereocenters. The highest BCUT2D eigenvalue weighted by Gasteiger charge is 2.36. The Morgan fingerprint density at radius 3 is 2.56 bits per heavy atom. The van der Waals surface area contributed by atoms with Gasteiger partial charge in [0.25, 0.3) is 0 Å². The lowest BCUT2D eigenvalue weighted by Crippen LogP contribution is -2.38. The number of amides is 1. The third-order valence-corrected chi connectivity index (χ3v) is 5.81. The van der Waals surface area contributed by atoms with Crippen LogP contribution in [0, 0.1) is 0 Å². The van der Waals surface area contributed by atoms with Gasteiger partial charge in [-0.25, -0.2) is 4.79 Å². The molecule has 0 bridgehead atoms. The van der Waals surface area contributed by atoms with Gasteiger partial charge in [-0.1, -0.05) is 18.2 Å². The second-order valence-corrected chi connectivity index (χ2v) is 8.05. The Bertz CT molecular complexity index is 1130. The van der Waals surface area contributed by atoms with Crippen LogP contribution in [-0.4, -0.2) is 45.0 Å². The molecule has 164 valence electrons. The molecule has 1 N–H and O–H groups in total. The van der Waals surface area contributed by atoms with Crippen molar-refractivity contribution in [3.63, 3.8) is 0 Å². The van der Waals surface area contributed by atoms with Gasteiger partial charge < -0.3 is 14.6 Å². The molecule has 0 spiro atoms. The van der Waals surface area contributed by atoms with Crippen molar-refractivity contribution in [3.05, 3.63) is 60.9 Å². The number of benzene rings is 2. The van der Waals surface area contributed by atoms with Crippen molar-refractivity contribution in [1.29, 1.82) is 0 Å². The Morgan fingerprint density at radius 2 is 1.91 bits per heavy atom. The number of aromatic nitrogens is 3. The Labute approximate surface area is 189 Å². The quantitative estimate of drug-likeness (QED) is 0.552. The third-order valence-electron chi connectivity index (χ3n) is 4.75. The number of hydrazone groups is 1. The van der Waals surface area contributed by atoms with E-state index >= 15 is 0 Å². The maximum Gasteiger partial charge on any atom is 0.354 e. The monoisotopic (exact) mass is 450 g/mol. The Hall–Kier alpha value is -3.66. The molecule has 10 heteroatoms. The zero-order chi connectivity index (χ0) is 22.5. The lowest BCUT2D eigenvalue weighted by molar-refractivity contribution is -0.135. The molecule has 1 amide bonds. The number of carbonyl (C=O) groups excluding carboxylic acids is 2. The molecule has 4 rings (SSSR count). The lowest BCUT2D eigenvalue weighted by atomic mass is 10.1. The molecule has 1 unspecified atom stereocenters. The summed E-state index contributed by atoms with van der Waals surface area (Å²) in [5, 5.41) is 17.6. The normalized spacial score (nSPS) is 15.4. The molecule has 0 radical (unpaired) electrons. The largest absolute Gasteiger partial charge is 0.461 e. The first-order valence-electron chi connectivity index (χ1n) is 10.1. The van der Waals surface area contributed by atoms with Crippen LogP contribution in [0.1, 0.15) is 13.3 Å². The van der Waals surface area contributed by atoms with Gasteiger partial charge in [0.2, 0.25) is 5.91 Å². The number of para-hydroxylation sites is 1. The highest BCUT2D eigenvalue weighted by atomic mass is 32.2. The standard InChI is InChI=1S/C22H22N6O3S/c1-3-31-21(30)18-13-19(28(26-18)16-7-5-4-6-8-16)20(29)24-15-9-11-17(12-10-15)32-22-25-23-14-27(22)2/h4-12,14,19H,3,13H2,1-2H3,(H,24,29). The molecule has 2 aromatic carbocycles. The fourth-order valence-electron chi connectivity index (χ4n) is 3.17. The van der Waals surface area contributed by atoms with E-state index in [0.29, 0.717) is 5.69 Å². The van der Waals surface area contributed by atoms with Crippen molar-refractivity contribution < 1.29 is 14.3 Å². The zero-order valence-corrected chi connectivity index (χ0v) is 18.5. The number of ether oxygens (including phenoxy) is 1. The summed E-state index contributed by atoms with van der Waals surface area (Å²) >= 11 is 1.48. The molecule has 0 saturated carbocycles. The van der Waals surface area contributed by atoms with Crippen LogP contribution in [0.3, 0.4) is 0 Å². The van der Waals surface area contributed by atoms with Gasteiger partial charge in [0, 0.05) is 24.1 Å². The van der Waals surface area contributed by atoms with Gasteiger partial charge in [-0.3, -0.25) is 9.80 Å². The van der Waals surface area contributed by atoms with Crippen LogP contribution < -0.4 is 10.3 Å². The van der Waals surface area contributed by atoms with Crippen LogP contribution in [0.25, 0.3) is 0 Å². The predicted molar refractivity (Wildman–Crippen MR) is 122 cm³/mol. The average Bonchev–Trinajstić information content (AvgIpc) is 3.43. The van der Waals surface area contributed by atoms with Gasteiger partial charge in [0.15, 0.2) is 5.16 Å². The summed E-state index contributed by atoms with van der Waals surface area (Å²) in [6, 6.07) is 16.1. The number of carbonyl (C=O) groups is 2. The first kappa shape index (κ1) is 21.6. The van der Waals surface area contributed by atoms with Gasteiger partial charge in [-0.15, -0.1) is 10.2 Å². The molecule has 0 saturated heterocycles. The second kappa shape index (κ2) is 9.65. The molecule has 1 aliphatic heterocycles. The molecular weight excluding hydrogens is 428 g/mol. The Morgan fingerprint density at radius 1 is 1.16 bits per heavy atom. The number of anilines is 2. The number of hydrogen-bond acceptors (Lipinski definition) is 8. The number of hydrogen-bond donors (Lipinski definition) is 1. The van der Waals surface area contributed by atoms with Crippen molar-refractivity contribution in [2.24, 2.45) is 12.1 Å². The van der Waals surface area contributed by atoms with E-state index in [1.165, 1.54) is 11.8 Å². The van der Waals surface area contributed by atoms with E-state index in [4.69, 9.17) is 4.74 Å². The van der Waals surface area contributed by atoms with Crippen LogP contribution in [0.5, 0.6) is 0 Å². The first-order valence-corrected chi connectivity index (χ1v) is 10.9. The van der Waals surface area contributed by atoms with Gasteiger partial charge in [-0.2, -0.15) is 5.10 Å². The second-order valence-electron chi connectivity index (χ2n) is 7.01. The summed E-state index contributed by atoms with van der Waals surface area (Å²) in [5.41, 5.74) is 1.60. The summed E-state index contributed by atoms with van der Waals surface area (Å²) < 4.78 is 6.91. The van der Waals surface area contributed by atoms with Gasteiger partial charge >= 0.3 is 5.97 Å². The van der Waals surface area contributed by atoms with Crippen molar-refractivity contribution >= 4 is 40.7 Å². The van der Waals surface area contributed by atoms with Crippen molar-refractivity contribution in [2.45, 2.75) is 29.4 Å². The minimum Gasteiger partial charge on any atom is -0.461 e. The van der Waals surface area contributed by atoms with E-state index < -0.39 is 12.0 Å². The van der Waals surface area contributed by atoms with Crippen molar-refractivity contribution in [1.82, 2.24) is 14.8 Å². The lowest BCUT2D eigenvalue weighted by Gasteiger charge is -2.22. The summed E-state index contributed by atoms with van der Waals surface area (Å²) in [6.45, 7) is 1.98. The highest BCUT2D eigenvalue weighted by molar-refractivity contribution is 7.99. The summed E-state index contributed by atoms with van der Waals surface area (Å²) in [7, 11) is 1.88. The summed E-state index contributed by atoms with van der Waals surface area (Å²) in [5.74, 6) is -0.764. The maximum atomic E-state index is 13.1. The zero-order valence-electron chi connectivity index (χ0n) is 17.6. The minimum absolute atomic E-state index is 0.166. The maximum absolute atomic E-state index is 13.1. The molecule has 0 fully saturated rings. The van der Waals surface area contributed by atoms with Gasteiger partial charge in [0.1, 0.15) is 18.1 Å². The van der Waals surface area contributed by atoms with E-state index in [2.05, 4.69) is 20.6 Å². The summed E-state index contributed by atoms with van der Waals surface area (Å²) in [6.07, 6.45) is 1.81. The van der Waals surface area contributed by atoms with Crippen LogP contribution >= 0.6 is 11.8 Å². The molecule has 1 aromatic heterocycles. The van der Waals surface area contributed by atoms with E-state index in [0.717, 1.165) is 15.7 Å². The van der Waals surface area contributed by atoms with E-state index in [1.54, 1.807) is 18.3 Å². The SMILES string of the molecule is CCOC(=O)C1=NN(c2ccccc2)C(C(=O)Nc2ccc(Sc3nncn3C)cc2)C1. The van der Waals surface area contributed by atoms with Crippen LogP contribution in [-0.2, 0) is 21.4 Å². The van der Waals surface area contributed by atoms with Crippen LogP contribution in [0.15, 0.2) is 76.1 Å². The van der Waals surface area contributed by atoms with Crippen LogP contribution in [0.2, 0.25) is 0 Å². The third kappa shape index (κ3) is 4.80. The van der Waals surface area contributed by atoms with E-state index in [9.17, 15) is 9.59 Å². The molecule has 9 nitrogen and oxygen atoms in total. The minimum atomic E-state index is -0.662. The first-order chi connectivity index (χ1) is 15.5. The topological polar surface area (TPSA) is 102 Å². The molecule has 2 heterocycles. The van der Waals surface area contributed by atoms with E-state index in [-0.39, 0.29) is 24.6 Å². The average molecular weight is 451 g/mol. The molecule has 32 heavy (non-hydrogen) atoms. The molecule has 1 aliphatic rings. The number of nitrogens with zero attached hydrogens (tertiary/aromatic N) is 5. The van der Waals surface area contributed by atoms with Crippen molar-refractivity contribution in [3.8, 4) is 0 Å². The smallest absolute Gasteiger partial charge is 0.354 e. The van der Waals surface area contributed by atoms with Crippen molar-refractivity contribution in [2.75, 3.05) is 16.9 Å². The van der Waals surface area contributed by atoms with Gasteiger partial charge in [-0.05, 0) is 55.1 Å². The van der Waals surface area contributed by atoms with Gasteiger partial charge in [0.05, 0.1) is 12.3 Å². The molecular formula is C22H22N6O3S.